The number of nitrogens with zero attached hydrogens (tertiary/aromatic N) is 3. The Morgan fingerprint density at radius 1 is 1.41 bits per heavy atom. The third kappa shape index (κ3) is 2.81. The topological polar surface area (TPSA) is 50.9 Å². The van der Waals surface area contributed by atoms with E-state index >= 15 is 0 Å². The Balaban J connectivity index is 2.23. The van der Waals surface area contributed by atoms with Gasteiger partial charge in [-0.15, -0.1) is 11.7 Å². The number of rotatable bonds is 4. The minimum absolute atomic E-state index is 0.471. The van der Waals surface area contributed by atoms with Crippen molar-refractivity contribution in [2.45, 2.75) is 12.5 Å². The summed E-state index contributed by atoms with van der Waals surface area (Å²) in [5, 5.41) is 17.6. The maximum Gasteiger partial charge on any atom is 0.112 e. The summed E-state index contributed by atoms with van der Waals surface area (Å²) in [7, 11) is 0. The molecule has 1 N–H and O–H groups in total. The molecule has 0 spiro atoms. The molecule has 88 valence electrons. The average molecular weight is 294 g/mol. The van der Waals surface area contributed by atoms with Crippen molar-refractivity contribution in [3.8, 4) is 5.69 Å². The van der Waals surface area contributed by atoms with Gasteiger partial charge in [0, 0.05) is 4.47 Å². The summed E-state index contributed by atoms with van der Waals surface area (Å²) in [5.41, 5.74) is 1.45. The zero-order chi connectivity index (χ0) is 12.3. The van der Waals surface area contributed by atoms with Gasteiger partial charge in [0.25, 0.3) is 0 Å². The van der Waals surface area contributed by atoms with Crippen molar-refractivity contribution in [1.82, 2.24) is 15.0 Å². The third-order valence-corrected chi connectivity index (χ3v) is 2.86. The van der Waals surface area contributed by atoms with Crippen LogP contribution in [-0.2, 0) is 0 Å². The van der Waals surface area contributed by atoms with Crippen LogP contribution < -0.4 is 0 Å². The molecule has 1 unspecified atom stereocenters. The number of aliphatic hydroxyl groups is 1. The number of aromatic nitrogens is 3. The molecular weight excluding hydrogens is 282 g/mol. The molecule has 1 aromatic carbocycles. The first-order valence-electron chi connectivity index (χ1n) is 5.18. The third-order valence-electron chi connectivity index (χ3n) is 2.33. The highest BCUT2D eigenvalue weighted by molar-refractivity contribution is 9.10. The second-order valence-electron chi connectivity index (χ2n) is 3.60. The summed E-state index contributed by atoms with van der Waals surface area (Å²) >= 11 is 3.37. The van der Waals surface area contributed by atoms with Gasteiger partial charge in [0.2, 0.25) is 0 Å². The SMILES string of the molecule is C=CCC(O)c1cn(-c2ccc(Br)cc2)nn1. The Kier molecular flexibility index (Phi) is 3.71. The standard InChI is InChI=1S/C12H12BrN3O/c1-2-3-12(17)11-8-16(15-14-11)10-6-4-9(13)5-7-10/h2,4-8,12,17H,1,3H2. The van der Waals surface area contributed by atoms with Gasteiger partial charge in [-0.2, -0.15) is 0 Å². The highest BCUT2D eigenvalue weighted by Crippen LogP contribution is 2.17. The van der Waals surface area contributed by atoms with Gasteiger partial charge < -0.3 is 5.11 Å². The van der Waals surface area contributed by atoms with Gasteiger partial charge in [0.1, 0.15) is 11.8 Å². The van der Waals surface area contributed by atoms with E-state index in [-0.39, 0.29) is 0 Å². The van der Waals surface area contributed by atoms with Crippen LogP contribution in [0.1, 0.15) is 18.2 Å². The van der Waals surface area contributed by atoms with Crippen LogP contribution in [0.15, 0.2) is 47.6 Å². The van der Waals surface area contributed by atoms with E-state index in [4.69, 9.17) is 0 Å². The minimum atomic E-state index is -0.642. The molecule has 1 heterocycles. The van der Waals surface area contributed by atoms with Crippen LogP contribution in [0.3, 0.4) is 0 Å². The quantitative estimate of drug-likeness (QED) is 0.882. The number of hydrogen-bond acceptors (Lipinski definition) is 3. The molecule has 0 aliphatic heterocycles. The second kappa shape index (κ2) is 5.25. The maximum atomic E-state index is 9.73. The molecule has 4 nitrogen and oxygen atoms in total. The van der Waals surface area contributed by atoms with E-state index in [0.717, 1.165) is 10.2 Å². The molecule has 17 heavy (non-hydrogen) atoms. The van der Waals surface area contributed by atoms with E-state index in [9.17, 15) is 5.11 Å². The average Bonchev–Trinajstić information content (AvgIpc) is 2.80. The smallest absolute Gasteiger partial charge is 0.112 e. The summed E-state index contributed by atoms with van der Waals surface area (Å²) in [5.74, 6) is 0. The van der Waals surface area contributed by atoms with Crippen LogP contribution in [0.4, 0.5) is 0 Å². The van der Waals surface area contributed by atoms with Crippen molar-refractivity contribution in [2.75, 3.05) is 0 Å². The van der Waals surface area contributed by atoms with Crippen LogP contribution in [0, 0.1) is 0 Å². The number of halogens is 1. The van der Waals surface area contributed by atoms with Crippen LogP contribution in [0.2, 0.25) is 0 Å². The lowest BCUT2D eigenvalue weighted by Gasteiger charge is -2.02. The Labute approximate surface area is 108 Å². The van der Waals surface area contributed by atoms with Crippen LogP contribution in [0.5, 0.6) is 0 Å². The van der Waals surface area contributed by atoms with Gasteiger partial charge in [-0.05, 0) is 30.7 Å². The lowest BCUT2D eigenvalue weighted by Crippen LogP contribution is -1.95. The van der Waals surface area contributed by atoms with E-state index in [2.05, 4.69) is 32.8 Å². The second-order valence-corrected chi connectivity index (χ2v) is 4.52. The predicted octanol–water partition coefficient (Wildman–Crippen LogP) is 2.64. The highest BCUT2D eigenvalue weighted by Gasteiger charge is 2.10. The van der Waals surface area contributed by atoms with Crippen molar-refractivity contribution in [1.29, 1.82) is 0 Å². The van der Waals surface area contributed by atoms with Crippen molar-refractivity contribution in [3.05, 3.63) is 53.3 Å². The maximum absolute atomic E-state index is 9.73. The molecule has 0 bridgehead atoms. The monoisotopic (exact) mass is 293 g/mol. The Hall–Kier alpha value is -1.46. The van der Waals surface area contributed by atoms with Crippen molar-refractivity contribution in [3.63, 3.8) is 0 Å². The zero-order valence-electron chi connectivity index (χ0n) is 9.12. The van der Waals surface area contributed by atoms with E-state index in [0.29, 0.717) is 12.1 Å². The summed E-state index contributed by atoms with van der Waals surface area (Å²) in [6, 6.07) is 7.69. The van der Waals surface area contributed by atoms with Crippen LogP contribution in [0.25, 0.3) is 5.69 Å². The van der Waals surface area contributed by atoms with Gasteiger partial charge in [-0.1, -0.05) is 27.2 Å². The largest absolute Gasteiger partial charge is 0.386 e. The van der Waals surface area contributed by atoms with Crippen molar-refractivity contribution in [2.24, 2.45) is 0 Å². The molecule has 0 aliphatic rings. The molecule has 0 saturated carbocycles. The zero-order valence-corrected chi connectivity index (χ0v) is 10.7. The molecule has 0 saturated heterocycles. The van der Waals surface area contributed by atoms with E-state index in [1.165, 1.54) is 0 Å². The van der Waals surface area contributed by atoms with Gasteiger partial charge in [0.05, 0.1) is 11.9 Å². The van der Waals surface area contributed by atoms with E-state index in [1.807, 2.05) is 24.3 Å². The van der Waals surface area contributed by atoms with Crippen molar-refractivity contribution >= 4 is 15.9 Å². The lowest BCUT2D eigenvalue weighted by atomic mass is 10.2. The fraction of sp³-hybridized carbons (Fsp3) is 0.167. The Bertz CT molecular complexity index is 507. The molecule has 5 heteroatoms. The first-order chi connectivity index (χ1) is 8.20. The molecule has 2 rings (SSSR count). The Morgan fingerprint density at radius 2 is 2.12 bits per heavy atom. The summed E-state index contributed by atoms with van der Waals surface area (Å²) < 4.78 is 2.64. The van der Waals surface area contributed by atoms with Crippen LogP contribution >= 0.6 is 15.9 Å². The molecule has 0 radical (unpaired) electrons. The summed E-state index contributed by atoms with van der Waals surface area (Å²) in [6.45, 7) is 3.58. The summed E-state index contributed by atoms with van der Waals surface area (Å²) in [4.78, 5) is 0. The van der Waals surface area contributed by atoms with Crippen molar-refractivity contribution < 1.29 is 5.11 Å². The predicted molar refractivity (Wildman–Crippen MR) is 68.8 cm³/mol. The fourth-order valence-electron chi connectivity index (χ4n) is 1.43. The number of hydrogen-bond donors (Lipinski definition) is 1. The molecule has 0 fully saturated rings. The molecule has 2 aromatic rings. The van der Waals surface area contributed by atoms with Gasteiger partial charge in [-0.25, -0.2) is 4.68 Å². The number of aliphatic hydroxyl groups excluding tert-OH is 1. The first kappa shape index (κ1) is 12.0. The Morgan fingerprint density at radius 3 is 2.76 bits per heavy atom. The fourth-order valence-corrected chi connectivity index (χ4v) is 1.69. The van der Waals surface area contributed by atoms with Gasteiger partial charge >= 0.3 is 0 Å². The van der Waals surface area contributed by atoms with Crippen LogP contribution in [-0.4, -0.2) is 20.1 Å². The number of benzene rings is 1. The molecule has 1 atom stereocenters. The summed E-state index contributed by atoms with van der Waals surface area (Å²) in [6.07, 6.45) is 3.21. The molecular formula is C12H12BrN3O. The molecule has 0 aliphatic carbocycles. The lowest BCUT2D eigenvalue weighted by molar-refractivity contribution is 0.176. The normalized spacial score (nSPS) is 12.4. The van der Waals surface area contributed by atoms with Gasteiger partial charge in [-0.3, -0.25) is 0 Å². The molecule has 1 aromatic heterocycles. The van der Waals surface area contributed by atoms with E-state index < -0.39 is 6.10 Å². The first-order valence-corrected chi connectivity index (χ1v) is 5.97. The highest BCUT2D eigenvalue weighted by atomic mass is 79.9. The van der Waals surface area contributed by atoms with E-state index in [1.54, 1.807) is 17.0 Å². The van der Waals surface area contributed by atoms with Gasteiger partial charge in [0.15, 0.2) is 0 Å². The molecule has 0 amide bonds. The minimum Gasteiger partial charge on any atom is -0.386 e.